The van der Waals surface area contributed by atoms with Crippen molar-refractivity contribution in [3.05, 3.63) is 35.9 Å². The van der Waals surface area contributed by atoms with Crippen LogP contribution in [0, 0.1) is 0 Å². The van der Waals surface area contributed by atoms with Gasteiger partial charge in [0.2, 0.25) is 0 Å². The van der Waals surface area contributed by atoms with Crippen LogP contribution < -0.4 is 0 Å². The summed E-state index contributed by atoms with van der Waals surface area (Å²) in [4.78, 5) is 11.5. The Balaban J connectivity index is 2.23. The van der Waals surface area contributed by atoms with E-state index >= 15 is 0 Å². The van der Waals surface area contributed by atoms with Crippen LogP contribution in [-0.2, 0) is 16.0 Å². The van der Waals surface area contributed by atoms with E-state index in [1.807, 2.05) is 30.3 Å². The van der Waals surface area contributed by atoms with Gasteiger partial charge >= 0.3 is 5.97 Å². The van der Waals surface area contributed by atoms with Gasteiger partial charge in [-0.25, -0.2) is 0 Å². The Morgan fingerprint density at radius 1 is 1.31 bits per heavy atom. The Kier molecular flexibility index (Phi) is 7.35. The molecule has 88 valence electrons. The highest BCUT2D eigenvalue weighted by Gasteiger charge is 2.14. The zero-order valence-electron chi connectivity index (χ0n) is 8.86. The van der Waals surface area contributed by atoms with Gasteiger partial charge in [0, 0.05) is 10.8 Å². The first-order valence-electron chi connectivity index (χ1n) is 5.14. The smallest absolute Gasteiger partial charge is 0.318 e. The third-order valence-corrected chi connectivity index (χ3v) is 3.85. The Labute approximate surface area is 123 Å². The molecule has 0 aliphatic carbocycles. The molecule has 0 saturated heterocycles. The molecule has 0 saturated carbocycles. The normalized spacial score (nSPS) is 12.1. The molecule has 0 bridgehead atoms. The van der Waals surface area contributed by atoms with Gasteiger partial charge in [-0.15, -0.1) is 0 Å². The molecule has 0 heterocycles. The van der Waals surface area contributed by atoms with Crippen molar-refractivity contribution >= 4 is 51.2 Å². The first-order valence-corrected chi connectivity index (χ1v) is 7.91. The van der Waals surface area contributed by atoms with E-state index < -0.39 is 0 Å². The van der Waals surface area contributed by atoms with Crippen LogP contribution in [0.5, 0.6) is 0 Å². The van der Waals surface area contributed by atoms with Gasteiger partial charge in [0.1, 0.15) is 3.92 Å². The quantitative estimate of drug-likeness (QED) is 0.382. The van der Waals surface area contributed by atoms with Crippen molar-refractivity contribution in [1.29, 1.82) is 0 Å². The molecule has 2 nitrogen and oxygen atoms in total. The molecule has 16 heavy (non-hydrogen) atoms. The maximum absolute atomic E-state index is 11.5. The highest BCUT2D eigenvalue weighted by atomic mass is 127. The third kappa shape index (κ3) is 5.47. The van der Waals surface area contributed by atoms with E-state index in [-0.39, 0.29) is 9.89 Å². The zero-order valence-corrected chi connectivity index (χ0v) is 13.2. The molecule has 4 heteroatoms. The highest BCUT2D eigenvalue weighted by Crippen LogP contribution is 2.10. The molecule has 0 fully saturated rings. The number of carbonyl (C=O) groups is 1. The number of carbonyl (C=O) groups excluding carboxylic acids is 1. The summed E-state index contributed by atoms with van der Waals surface area (Å²) in [5.41, 5.74) is 1.20. The van der Waals surface area contributed by atoms with Gasteiger partial charge in [-0.1, -0.05) is 75.5 Å². The van der Waals surface area contributed by atoms with Crippen molar-refractivity contribution in [3.63, 3.8) is 0 Å². The number of ether oxygens (including phenoxy) is 1. The lowest BCUT2D eigenvalue weighted by Crippen LogP contribution is -2.19. The number of halogens is 2. The summed E-state index contributed by atoms with van der Waals surface area (Å²) in [6.07, 6.45) is 1.67. The summed E-state index contributed by atoms with van der Waals surface area (Å²) in [7, 11) is 0. The minimum absolute atomic E-state index is 0.00901. The molecule has 0 N–H and O–H groups in total. The van der Waals surface area contributed by atoms with E-state index in [2.05, 4.69) is 45.2 Å². The summed E-state index contributed by atoms with van der Waals surface area (Å²) in [6, 6.07) is 10.1. The maximum atomic E-state index is 11.5. The van der Waals surface area contributed by atoms with Crippen LogP contribution in [0.2, 0.25) is 0 Å². The van der Waals surface area contributed by atoms with Crippen LogP contribution in [0.25, 0.3) is 0 Å². The fourth-order valence-electron chi connectivity index (χ4n) is 1.22. The standard InChI is InChI=1S/C12H14I2O2/c13-8-6-11(14)12(15)16-9-7-10-4-2-1-3-5-10/h1-5,11H,6-9H2. The van der Waals surface area contributed by atoms with Gasteiger partial charge in [0.05, 0.1) is 6.61 Å². The minimum Gasteiger partial charge on any atom is -0.465 e. The van der Waals surface area contributed by atoms with Gasteiger partial charge in [0.15, 0.2) is 0 Å². The fraction of sp³-hybridized carbons (Fsp3) is 0.417. The lowest BCUT2D eigenvalue weighted by atomic mass is 10.2. The van der Waals surface area contributed by atoms with Crippen molar-refractivity contribution in [2.45, 2.75) is 16.8 Å². The van der Waals surface area contributed by atoms with Gasteiger partial charge in [-0.3, -0.25) is 4.79 Å². The van der Waals surface area contributed by atoms with Crippen molar-refractivity contribution in [2.75, 3.05) is 11.0 Å². The second-order valence-corrected chi connectivity index (χ2v) is 5.93. The molecule has 0 aromatic heterocycles. The predicted molar refractivity (Wildman–Crippen MR) is 82.4 cm³/mol. The van der Waals surface area contributed by atoms with Crippen LogP contribution in [0.3, 0.4) is 0 Å². The Hall–Kier alpha value is 0.150. The molecular formula is C12H14I2O2. The average Bonchev–Trinajstić information content (AvgIpc) is 2.30. The molecule has 0 spiro atoms. The predicted octanol–water partition coefficient (Wildman–Crippen LogP) is 3.40. The van der Waals surface area contributed by atoms with E-state index in [1.165, 1.54) is 5.56 Å². The molecule has 0 aliphatic rings. The summed E-state index contributed by atoms with van der Waals surface area (Å²) < 4.78 is 6.19. The van der Waals surface area contributed by atoms with Crippen LogP contribution in [0.4, 0.5) is 0 Å². The molecule has 1 rings (SSSR count). The molecule has 1 atom stereocenters. The monoisotopic (exact) mass is 444 g/mol. The number of esters is 1. The number of hydrogen-bond donors (Lipinski definition) is 0. The van der Waals surface area contributed by atoms with Crippen LogP contribution in [0.15, 0.2) is 30.3 Å². The summed E-state index contributed by atoms with van der Waals surface area (Å²) in [5, 5.41) is 0. The van der Waals surface area contributed by atoms with Gasteiger partial charge in [0.25, 0.3) is 0 Å². The van der Waals surface area contributed by atoms with E-state index in [0.29, 0.717) is 6.61 Å². The topological polar surface area (TPSA) is 26.3 Å². The van der Waals surface area contributed by atoms with Gasteiger partial charge < -0.3 is 4.74 Å². The van der Waals surface area contributed by atoms with Crippen LogP contribution >= 0.6 is 45.2 Å². The number of alkyl halides is 2. The molecule has 1 aromatic carbocycles. The fourth-order valence-corrected chi connectivity index (χ4v) is 3.52. The minimum atomic E-state index is -0.0896. The SMILES string of the molecule is O=C(OCCc1ccccc1)C(I)CCI. The number of rotatable bonds is 6. The van der Waals surface area contributed by atoms with E-state index in [9.17, 15) is 4.79 Å². The molecule has 0 aliphatic heterocycles. The van der Waals surface area contributed by atoms with Gasteiger partial charge in [-0.05, 0) is 12.0 Å². The average molecular weight is 444 g/mol. The maximum Gasteiger partial charge on any atom is 0.318 e. The molecule has 1 unspecified atom stereocenters. The lowest BCUT2D eigenvalue weighted by Gasteiger charge is -2.08. The summed E-state index contributed by atoms with van der Waals surface area (Å²) >= 11 is 4.41. The van der Waals surface area contributed by atoms with Gasteiger partial charge in [-0.2, -0.15) is 0 Å². The Morgan fingerprint density at radius 3 is 2.62 bits per heavy atom. The molecular weight excluding hydrogens is 430 g/mol. The first-order chi connectivity index (χ1) is 7.74. The largest absolute Gasteiger partial charge is 0.465 e. The summed E-state index contributed by atoms with van der Waals surface area (Å²) in [6.45, 7) is 0.476. The van der Waals surface area contributed by atoms with Crippen LogP contribution in [0.1, 0.15) is 12.0 Å². The number of hydrogen-bond acceptors (Lipinski definition) is 2. The van der Waals surface area contributed by atoms with Crippen molar-refractivity contribution in [1.82, 2.24) is 0 Å². The highest BCUT2D eigenvalue weighted by molar-refractivity contribution is 14.1. The van der Waals surface area contributed by atoms with E-state index in [4.69, 9.17) is 4.74 Å². The van der Waals surface area contributed by atoms with Crippen molar-refractivity contribution < 1.29 is 9.53 Å². The molecule has 0 radical (unpaired) electrons. The third-order valence-electron chi connectivity index (χ3n) is 2.10. The Bertz CT molecular complexity index is 314. The number of benzene rings is 1. The zero-order chi connectivity index (χ0) is 11.8. The van der Waals surface area contributed by atoms with Crippen molar-refractivity contribution in [3.8, 4) is 0 Å². The van der Waals surface area contributed by atoms with E-state index in [1.54, 1.807) is 0 Å². The second kappa shape index (κ2) is 8.27. The van der Waals surface area contributed by atoms with Crippen molar-refractivity contribution in [2.24, 2.45) is 0 Å². The van der Waals surface area contributed by atoms with E-state index in [0.717, 1.165) is 17.3 Å². The molecule has 0 amide bonds. The lowest BCUT2D eigenvalue weighted by molar-refractivity contribution is -0.142. The first kappa shape index (κ1) is 14.2. The Morgan fingerprint density at radius 2 is 2.00 bits per heavy atom. The second-order valence-electron chi connectivity index (χ2n) is 3.35. The van der Waals surface area contributed by atoms with Crippen LogP contribution in [-0.4, -0.2) is 20.9 Å². The molecule has 1 aromatic rings. The summed E-state index contributed by atoms with van der Waals surface area (Å²) in [5.74, 6) is -0.0896.